The van der Waals surface area contributed by atoms with Crippen LogP contribution in [0.3, 0.4) is 0 Å². The van der Waals surface area contributed by atoms with Gasteiger partial charge in [0.05, 0.1) is 13.4 Å². The Bertz CT molecular complexity index is 365. The van der Waals surface area contributed by atoms with E-state index in [-0.39, 0.29) is 0 Å². The van der Waals surface area contributed by atoms with Crippen molar-refractivity contribution in [3.8, 4) is 0 Å². The first kappa shape index (κ1) is 7.13. The normalized spacial score (nSPS) is 11.5. The van der Waals surface area contributed by atoms with Crippen LogP contribution in [-0.4, -0.2) is 0 Å². The molecule has 0 aliphatic carbocycles. The minimum atomic E-state index is 0.863. The van der Waals surface area contributed by atoms with Gasteiger partial charge >= 0.3 is 0 Å². The zero-order valence-electron chi connectivity index (χ0n) is 4.62. The molecule has 2 aromatic rings. The zero-order valence-corrected chi connectivity index (χ0v) is 9.38. The van der Waals surface area contributed by atoms with Crippen LogP contribution in [0.15, 0.2) is 23.9 Å². The fraction of sp³-hybridized carbons (Fsp3) is 0. The van der Waals surface area contributed by atoms with Crippen molar-refractivity contribution >= 4 is 59.0 Å². The van der Waals surface area contributed by atoms with E-state index in [1.54, 1.807) is 0 Å². The summed E-state index contributed by atoms with van der Waals surface area (Å²) in [5.74, 6) is 0. The molecule has 0 aromatic carbocycles. The van der Waals surface area contributed by atoms with Gasteiger partial charge in [-0.2, -0.15) is 0 Å². The van der Waals surface area contributed by atoms with Crippen LogP contribution in [0.2, 0.25) is 0 Å². The average Bonchev–Trinajstić information content (AvgIpc) is 2.36. The Kier molecular flexibility index (Phi) is 1.58. The number of furan rings is 2. The van der Waals surface area contributed by atoms with Gasteiger partial charge in [0.2, 0.25) is 0 Å². The van der Waals surface area contributed by atoms with E-state index >= 15 is 0 Å². The SMILES string of the molecule is Brc1c(Br)c2oc1cc2Br. The van der Waals surface area contributed by atoms with Gasteiger partial charge < -0.3 is 4.42 Å². The van der Waals surface area contributed by atoms with Crippen molar-refractivity contribution in [2.75, 3.05) is 0 Å². The topological polar surface area (TPSA) is 13.1 Å². The summed E-state index contributed by atoms with van der Waals surface area (Å²) in [7, 11) is 0. The number of halogens is 3. The molecule has 0 aliphatic heterocycles. The molecule has 0 spiro atoms. The number of benzene rings is 1. The highest BCUT2D eigenvalue weighted by Gasteiger charge is 2.15. The van der Waals surface area contributed by atoms with Crippen LogP contribution >= 0.6 is 47.8 Å². The second-order valence-corrected chi connectivity index (χ2v) is 4.36. The molecule has 2 bridgehead atoms. The number of hydrogen-bond acceptors (Lipinski definition) is 1. The summed E-state index contributed by atoms with van der Waals surface area (Å²) in [5.41, 5.74) is 1.73. The van der Waals surface area contributed by atoms with E-state index < -0.39 is 0 Å². The zero-order chi connectivity index (χ0) is 7.30. The molecule has 0 amide bonds. The lowest BCUT2D eigenvalue weighted by Gasteiger charge is -1.86. The van der Waals surface area contributed by atoms with Gasteiger partial charge in [-0.05, 0) is 47.8 Å². The number of hydrogen-bond donors (Lipinski definition) is 0. The highest BCUT2D eigenvalue weighted by atomic mass is 79.9. The lowest BCUT2D eigenvalue weighted by Crippen LogP contribution is -1.64. The molecule has 52 valence electrons. The summed E-state index contributed by atoms with van der Waals surface area (Å²) in [6.45, 7) is 0. The van der Waals surface area contributed by atoms with Crippen molar-refractivity contribution in [1.82, 2.24) is 0 Å². The van der Waals surface area contributed by atoms with Crippen LogP contribution in [0.4, 0.5) is 0 Å². The van der Waals surface area contributed by atoms with E-state index in [1.807, 2.05) is 6.07 Å². The van der Waals surface area contributed by atoms with Crippen molar-refractivity contribution in [2.24, 2.45) is 0 Å². The molecule has 2 aromatic heterocycles. The molecule has 4 heteroatoms. The Labute approximate surface area is 82.5 Å². The van der Waals surface area contributed by atoms with Gasteiger partial charge in [-0.1, -0.05) is 0 Å². The molecule has 1 nitrogen and oxygen atoms in total. The lowest BCUT2D eigenvalue weighted by atomic mass is 10.4. The van der Waals surface area contributed by atoms with Crippen LogP contribution in [0.25, 0.3) is 11.2 Å². The van der Waals surface area contributed by atoms with Crippen molar-refractivity contribution in [3.63, 3.8) is 0 Å². The third-order valence-corrected chi connectivity index (χ3v) is 3.96. The summed E-state index contributed by atoms with van der Waals surface area (Å²) in [6.07, 6.45) is 0. The van der Waals surface area contributed by atoms with Crippen LogP contribution in [0.1, 0.15) is 0 Å². The predicted octanol–water partition coefficient (Wildman–Crippen LogP) is 4.16. The number of fused-ring (bicyclic) bond motifs is 2. The Morgan fingerprint density at radius 1 is 1.10 bits per heavy atom. The molecule has 0 aliphatic rings. The molecule has 0 N–H and O–H groups in total. The maximum Gasteiger partial charge on any atom is 0.157 e. The van der Waals surface area contributed by atoms with Gasteiger partial charge in [0.1, 0.15) is 5.58 Å². The third-order valence-electron chi connectivity index (χ3n) is 1.30. The van der Waals surface area contributed by atoms with E-state index in [0.717, 1.165) is 24.6 Å². The highest BCUT2D eigenvalue weighted by Crippen LogP contribution is 2.41. The molecule has 0 unspecified atom stereocenters. The molecule has 0 radical (unpaired) electrons. The van der Waals surface area contributed by atoms with Crippen LogP contribution in [-0.2, 0) is 0 Å². The van der Waals surface area contributed by atoms with Crippen molar-refractivity contribution in [3.05, 3.63) is 19.5 Å². The van der Waals surface area contributed by atoms with Gasteiger partial charge in [0.15, 0.2) is 5.58 Å². The van der Waals surface area contributed by atoms with Crippen LogP contribution in [0.5, 0.6) is 0 Å². The average molecular weight is 329 g/mol. The Balaban J connectivity index is 2.95. The summed E-state index contributed by atoms with van der Waals surface area (Å²) in [4.78, 5) is 0. The molecule has 2 rings (SSSR count). The first-order valence-corrected chi connectivity index (χ1v) is 4.93. The second-order valence-electron chi connectivity index (χ2n) is 1.92. The predicted molar refractivity (Wildman–Crippen MR) is 50.5 cm³/mol. The van der Waals surface area contributed by atoms with E-state index in [9.17, 15) is 0 Å². The highest BCUT2D eigenvalue weighted by molar-refractivity contribution is 9.13. The Morgan fingerprint density at radius 2 is 1.80 bits per heavy atom. The monoisotopic (exact) mass is 326 g/mol. The maximum absolute atomic E-state index is 5.34. The largest absolute Gasteiger partial charge is 0.454 e. The lowest BCUT2D eigenvalue weighted by molar-refractivity contribution is 0.672. The fourth-order valence-electron chi connectivity index (χ4n) is 0.834. The van der Waals surface area contributed by atoms with Gasteiger partial charge in [-0.25, -0.2) is 0 Å². The van der Waals surface area contributed by atoms with E-state index in [2.05, 4.69) is 47.8 Å². The summed E-state index contributed by atoms with van der Waals surface area (Å²) < 4.78 is 8.31. The van der Waals surface area contributed by atoms with Crippen LogP contribution < -0.4 is 0 Å². The maximum atomic E-state index is 5.34. The van der Waals surface area contributed by atoms with Crippen molar-refractivity contribution in [1.29, 1.82) is 0 Å². The van der Waals surface area contributed by atoms with Gasteiger partial charge in [-0.15, -0.1) is 0 Å². The quantitative estimate of drug-likeness (QED) is 0.662. The summed E-state index contributed by atoms with van der Waals surface area (Å²) in [6, 6.07) is 1.93. The number of rotatable bonds is 0. The van der Waals surface area contributed by atoms with Gasteiger partial charge in [0.25, 0.3) is 0 Å². The first-order chi connectivity index (χ1) is 4.70. The van der Waals surface area contributed by atoms with Crippen LogP contribution in [0, 0.1) is 0 Å². The van der Waals surface area contributed by atoms with Crippen molar-refractivity contribution in [2.45, 2.75) is 0 Å². The van der Waals surface area contributed by atoms with E-state index in [0.29, 0.717) is 0 Å². The smallest absolute Gasteiger partial charge is 0.157 e. The molecule has 10 heavy (non-hydrogen) atoms. The fourth-order valence-corrected chi connectivity index (χ4v) is 2.45. The molecular formula is C6HBr3O. The second kappa shape index (κ2) is 2.22. The van der Waals surface area contributed by atoms with E-state index in [1.165, 1.54) is 0 Å². The molecule has 0 fully saturated rings. The summed E-state index contributed by atoms with van der Waals surface area (Å²) >= 11 is 10.1. The van der Waals surface area contributed by atoms with Gasteiger partial charge in [0, 0.05) is 6.07 Å². The first-order valence-electron chi connectivity index (χ1n) is 2.55. The Morgan fingerprint density at radius 3 is 2.20 bits per heavy atom. The van der Waals surface area contributed by atoms with Crippen molar-refractivity contribution < 1.29 is 4.42 Å². The minimum absolute atomic E-state index is 0.863. The third kappa shape index (κ3) is 0.787. The molecular weight excluding hydrogens is 328 g/mol. The minimum Gasteiger partial charge on any atom is -0.454 e. The standard InChI is InChI=1S/C6HBr3O/c7-2-1-3-4(8)5(9)6(2)10-3/h1H. The molecule has 0 saturated heterocycles. The summed E-state index contributed by atoms with van der Waals surface area (Å²) in [5, 5.41) is 0. The Hall–Kier alpha value is 0.460. The molecule has 0 atom stereocenters. The van der Waals surface area contributed by atoms with Gasteiger partial charge in [-0.3, -0.25) is 0 Å². The molecule has 2 heterocycles. The molecule has 0 saturated carbocycles. The van der Waals surface area contributed by atoms with E-state index in [4.69, 9.17) is 4.42 Å².